The Labute approximate surface area is 203 Å². The van der Waals surface area contributed by atoms with Gasteiger partial charge in [0.1, 0.15) is 22.9 Å². The van der Waals surface area contributed by atoms with E-state index in [0.717, 1.165) is 25.0 Å². The fourth-order valence-electron chi connectivity index (χ4n) is 3.91. The molecule has 3 aliphatic rings. The standard InChI is InChI=1S/C14H15N7O2.C5H8O.C5H10O/c1-16-11-6-10(18-9-4-3-5-20(2)14(9)23)19-13-8(12(15)22)7-17-21(11)13;1-4-2-6-3-5(1)4;1-6-5-3-2-4-5/h3-7,16H,1-2H3,(H2,15,22)(H,18,19);4-5H,1-3H2;5H,2-4H2,1H3. The first-order valence-corrected chi connectivity index (χ1v) is 11.8. The van der Waals surface area contributed by atoms with Gasteiger partial charge in [0.05, 0.1) is 12.3 Å². The van der Waals surface area contributed by atoms with Crippen molar-refractivity contribution in [2.45, 2.75) is 31.8 Å². The number of amides is 1. The second-order valence-electron chi connectivity index (χ2n) is 8.98. The largest absolute Gasteiger partial charge is 0.381 e. The van der Waals surface area contributed by atoms with E-state index in [1.165, 1.54) is 41.0 Å². The van der Waals surface area contributed by atoms with E-state index in [1.807, 2.05) is 0 Å². The van der Waals surface area contributed by atoms with Gasteiger partial charge in [0.15, 0.2) is 5.65 Å². The lowest BCUT2D eigenvalue weighted by Gasteiger charge is -2.22. The Hall–Kier alpha value is -3.44. The number of anilines is 3. The van der Waals surface area contributed by atoms with Crippen LogP contribution in [0.1, 0.15) is 36.0 Å². The zero-order valence-electron chi connectivity index (χ0n) is 20.4. The SMILES string of the molecule is C1OCC2CC12.CNc1cc(Nc2cccn(C)c2=O)nc2c(C(N)=O)cnn12.COC1CCC1. The lowest BCUT2D eigenvalue weighted by atomic mass is 9.96. The highest BCUT2D eigenvalue weighted by Gasteiger charge is 2.41. The second-order valence-corrected chi connectivity index (χ2v) is 8.98. The van der Waals surface area contributed by atoms with Gasteiger partial charge in [0.25, 0.3) is 11.5 Å². The molecule has 3 fully saturated rings. The second kappa shape index (κ2) is 10.9. The molecule has 6 rings (SSSR count). The first kappa shape index (κ1) is 24.7. The average Bonchev–Trinajstić information content (AvgIpc) is 3.19. The van der Waals surface area contributed by atoms with Gasteiger partial charge in [-0.05, 0) is 49.7 Å². The maximum atomic E-state index is 12.1. The Bertz CT molecular complexity index is 1220. The third-order valence-corrected chi connectivity index (χ3v) is 6.50. The molecule has 0 spiro atoms. The molecular formula is C24H33N7O4. The number of nitrogens with zero attached hydrogens (tertiary/aromatic N) is 4. The number of carbonyl (C=O) groups is 1. The Morgan fingerprint density at radius 1 is 1.29 bits per heavy atom. The fraction of sp³-hybridized carbons (Fsp3) is 0.500. The van der Waals surface area contributed by atoms with Crippen LogP contribution in [0.3, 0.4) is 0 Å². The molecule has 3 aromatic heterocycles. The van der Waals surface area contributed by atoms with Crippen LogP contribution in [0, 0.1) is 11.8 Å². The highest BCUT2D eigenvalue weighted by molar-refractivity contribution is 5.98. The molecule has 2 unspecified atom stereocenters. The molecule has 4 heterocycles. The summed E-state index contributed by atoms with van der Waals surface area (Å²) in [7, 11) is 5.15. The van der Waals surface area contributed by atoms with Crippen LogP contribution in [0.25, 0.3) is 5.65 Å². The number of fused-ring (bicyclic) bond motifs is 2. The summed E-state index contributed by atoms with van der Waals surface area (Å²) in [5.41, 5.74) is 6.02. The van der Waals surface area contributed by atoms with E-state index >= 15 is 0 Å². The fourth-order valence-corrected chi connectivity index (χ4v) is 3.91. The summed E-state index contributed by atoms with van der Waals surface area (Å²) in [6, 6.07) is 5.07. The Kier molecular flexibility index (Phi) is 7.67. The molecule has 2 aliphatic carbocycles. The van der Waals surface area contributed by atoms with Crippen LogP contribution in [0.4, 0.5) is 17.3 Å². The topological polar surface area (TPSA) is 138 Å². The average molecular weight is 484 g/mol. The van der Waals surface area contributed by atoms with Gasteiger partial charge in [-0.3, -0.25) is 9.59 Å². The van der Waals surface area contributed by atoms with Crippen molar-refractivity contribution in [2.24, 2.45) is 24.6 Å². The summed E-state index contributed by atoms with van der Waals surface area (Å²) in [5.74, 6) is 2.35. The maximum Gasteiger partial charge on any atom is 0.274 e. The third kappa shape index (κ3) is 5.80. The molecule has 188 valence electrons. The Morgan fingerprint density at radius 3 is 2.51 bits per heavy atom. The highest BCUT2D eigenvalue weighted by atomic mass is 16.5. The smallest absolute Gasteiger partial charge is 0.274 e. The number of hydrogen-bond donors (Lipinski definition) is 3. The van der Waals surface area contributed by atoms with Crippen LogP contribution in [0.15, 0.2) is 35.4 Å². The predicted octanol–water partition coefficient (Wildman–Crippen LogP) is 2.15. The van der Waals surface area contributed by atoms with E-state index in [1.54, 1.807) is 45.6 Å². The van der Waals surface area contributed by atoms with Crippen LogP contribution in [0.5, 0.6) is 0 Å². The lowest BCUT2D eigenvalue weighted by Crippen LogP contribution is -2.19. The summed E-state index contributed by atoms with van der Waals surface area (Å²) in [6.07, 6.45) is 9.04. The minimum absolute atomic E-state index is 0.191. The summed E-state index contributed by atoms with van der Waals surface area (Å²) in [6.45, 7) is 2.12. The summed E-state index contributed by atoms with van der Waals surface area (Å²) >= 11 is 0. The zero-order chi connectivity index (χ0) is 24.9. The van der Waals surface area contributed by atoms with Crippen LogP contribution < -0.4 is 21.9 Å². The van der Waals surface area contributed by atoms with Gasteiger partial charge < -0.3 is 30.4 Å². The number of nitrogens with two attached hydrogens (primary N) is 1. The van der Waals surface area contributed by atoms with Crippen molar-refractivity contribution in [2.75, 3.05) is 38.0 Å². The van der Waals surface area contributed by atoms with Crippen molar-refractivity contribution >= 4 is 28.9 Å². The number of nitrogens with one attached hydrogen (secondary N) is 2. The van der Waals surface area contributed by atoms with Crippen LogP contribution >= 0.6 is 0 Å². The molecule has 1 saturated heterocycles. The van der Waals surface area contributed by atoms with Crippen molar-refractivity contribution in [3.05, 3.63) is 46.5 Å². The molecule has 0 aromatic carbocycles. The first-order valence-electron chi connectivity index (χ1n) is 11.8. The molecule has 1 amide bonds. The van der Waals surface area contributed by atoms with Crippen LogP contribution in [-0.2, 0) is 16.5 Å². The monoisotopic (exact) mass is 483 g/mol. The van der Waals surface area contributed by atoms with Crippen LogP contribution in [0.2, 0.25) is 0 Å². The van der Waals surface area contributed by atoms with E-state index in [0.29, 0.717) is 29.1 Å². The molecule has 1 aliphatic heterocycles. The number of aromatic nitrogens is 4. The predicted molar refractivity (Wildman–Crippen MR) is 133 cm³/mol. The molecule has 2 atom stereocenters. The number of methoxy groups -OCH3 is 1. The van der Waals surface area contributed by atoms with Gasteiger partial charge in [0, 0.05) is 46.7 Å². The number of rotatable bonds is 5. The first-order chi connectivity index (χ1) is 16.9. The van der Waals surface area contributed by atoms with Crippen molar-refractivity contribution in [1.29, 1.82) is 0 Å². The zero-order valence-corrected chi connectivity index (χ0v) is 20.4. The van der Waals surface area contributed by atoms with Gasteiger partial charge in [0.2, 0.25) is 0 Å². The molecule has 35 heavy (non-hydrogen) atoms. The van der Waals surface area contributed by atoms with Gasteiger partial charge >= 0.3 is 0 Å². The van der Waals surface area contributed by atoms with E-state index in [-0.39, 0.29) is 11.1 Å². The van der Waals surface area contributed by atoms with E-state index in [4.69, 9.17) is 15.2 Å². The normalized spacial score (nSPS) is 20.0. The number of ether oxygens (including phenoxy) is 2. The van der Waals surface area contributed by atoms with Gasteiger partial charge in [-0.15, -0.1) is 0 Å². The molecule has 11 nitrogen and oxygen atoms in total. The molecule has 2 saturated carbocycles. The quantitative estimate of drug-likeness (QED) is 0.502. The number of primary amides is 1. The van der Waals surface area contributed by atoms with E-state index < -0.39 is 5.91 Å². The number of aryl methyl sites for hydroxylation is 1. The summed E-state index contributed by atoms with van der Waals surface area (Å²) in [4.78, 5) is 27.9. The highest BCUT2D eigenvalue weighted by Crippen LogP contribution is 2.43. The Balaban J connectivity index is 0.000000192. The van der Waals surface area contributed by atoms with Gasteiger partial charge in [-0.1, -0.05) is 0 Å². The number of pyridine rings is 1. The Morgan fingerprint density at radius 2 is 2.03 bits per heavy atom. The van der Waals surface area contributed by atoms with Gasteiger partial charge in [-0.2, -0.15) is 9.61 Å². The molecular weight excluding hydrogens is 450 g/mol. The summed E-state index contributed by atoms with van der Waals surface area (Å²) < 4.78 is 13.0. The van der Waals surface area contributed by atoms with Crippen molar-refractivity contribution in [1.82, 2.24) is 19.2 Å². The molecule has 4 N–H and O–H groups in total. The van der Waals surface area contributed by atoms with Crippen molar-refractivity contribution in [3.63, 3.8) is 0 Å². The molecule has 0 bridgehead atoms. The summed E-state index contributed by atoms with van der Waals surface area (Å²) in [5, 5.41) is 10.0. The third-order valence-electron chi connectivity index (χ3n) is 6.50. The minimum Gasteiger partial charge on any atom is -0.381 e. The maximum absolute atomic E-state index is 12.1. The molecule has 11 heteroatoms. The minimum atomic E-state index is -0.623. The number of carbonyl (C=O) groups excluding carboxylic acids is 1. The lowest BCUT2D eigenvalue weighted by molar-refractivity contribution is 0.0412. The van der Waals surface area contributed by atoms with Gasteiger partial charge in [-0.25, -0.2) is 4.98 Å². The number of hydrogen-bond acceptors (Lipinski definition) is 8. The molecule has 3 aromatic rings. The molecule has 0 radical (unpaired) electrons. The van der Waals surface area contributed by atoms with E-state index in [9.17, 15) is 9.59 Å². The van der Waals surface area contributed by atoms with Crippen molar-refractivity contribution < 1.29 is 14.3 Å². The van der Waals surface area contributed by atoms with E-state index in [2.05, 4.69) is 20.7 Å². The van der Waals surface area contributed by atoms with Crippen molar-refractivity contribution in [3.8, 4) is 0 Å². The van der Waals surface area contributed by atoms with Crippen LogP contribution in [-0.4, -0.2) is 58.5 Å².